The van der Waals surface area contributed by atoms with Crippen LogP contribution in [0.4, 0.5) is 0 Å². The van der Waals surface area contributed by atoms with Crippen LogP contribution in [0.5, 0.6) is 5.75 Å². The average Bonchev–Trinajstić information content (AvgIpc) is 2.42. The number of carbonyl (C=O) groups is 3. The molecule has 0 aromatic heterocycles. The maximum atomic E-state index is 11.7. The van der Waals surface area contributed by atoms with E-state index in [1.54, 1.807) is 24.3 Å². The Morgan fingerprint density at radius 3 is 2.62 bits per heavy atom. The quantitative estimate of drug-likeness (QED) is 0.676. The van der Waals surface area contributed by atoms with Gasteiger partial charge in [0.15, 0.2) is 6.10 Å². The van der Waals surface area contributed by atoms with Gasteiger partial charge in [-0.25, -0.2) is 0 Å². The molecule has 3 N–H and O–H groups in total. The van der Waals surface area contributed by atoms with Gasteiger partial charge in [-0.1, -0.05) is 17.7 Å². The topological polar surface area (TPSA) is 105 Å². The highest BCUT2D eigenvalue weighted by Gasteiger charge is 2.15. The van der Waals surface area contributed by atoms with Crippen LogP contribution in [0.25, 0.3) is 0 Å². The fourth-order valence-corrected chi connectivity index (χ4v) is 1.53. The first-order valence-electron chi connectivity index (χ1n) is 6.07. The van der Waals surface area contributed by atoms with Crippen molar-refractivity contribution >= 4 is 29.4 Å². The van der Waals surface area contributed by atoms with Crippen molar-refractivity contribution in [3.63, 3.8) is 0 Å². The van der Waals surface area contributed by atoms with Crippen molar-refractivity contribution in [1.82, 2.24) is 10.6 Å². The summed E-state index contributed by atoms with van der Waals surface area (Å²) in [6.07, 6.45) is -0.823. The maximum absolute atomic E-state index is 11.7. The van der Waals surface area contributed by atoms with Gasteiger partial charge in [0.05, 0.1) is 6.54 Å². The summed E-state index contributed by atoms with van der Waals surface area (Å²) in [5, 5.41) is 13.3. The Kier molecular flexibility index (Phi) is 6.48. The molecule has 0 spiro atoms. The molecule has 114 valence electrons. The van der Waals surface area contributed by atoms with E-state index in [2.05, 4.69) is 10.6 Å². The van der Waals surface area contributed by atoms with E-state index in [9.17, 15) is 14.4 Å². The molecule has 1 atom stereocenters. The number of carboxylic acid groups (broad SMARTS) is 1. The van der Waals surface area contributed by atoms with Crippen LogP contribution in [-0.2, 0) is 14.4 Å². The van der Waals surface area contributed by atoms with Gasteiger partial charge >= 0.3 is 5.97 Å². The standard InChI is InChI=1S/C13H15ClN2O5/c1-8(21-10-4-2-3-9(14)5-10)13(20)16-6-11(17)15-7-12(18)19/h2-5,8H,6-7H2,1H3,(H,15,17)(H,16,20)(H,18,19). The van der Waals surface area contributed by atoms with Gasteiger partial charge in [0.1, 0.15) is 12.3 Å². The van der Waals surface area contributed by atoms with Crippen molar-refractivity contribution in [2.24, 2.45) is 0 Å². The predicted octanol–water partition coefficient (Wildman–Crippen LogP) is 0.424. The summed E-state index contributed by atoms with van der Waals surface area (Å²) in [6.45, 7) is 0.698. The highest BCUT2D eigenvalue weighted by Crippen LogP contribution is 2.18. The fraction of sp³-hybridized carbons (Fsp3) is 0.308. The molecule has 1 rings (SSSR count). The smallest absolute Gasteiger partial charge is 0.322 e. The number of benzene rings is 1. The molecule has 1 aromatic rings. The zero-order chi connectivity index (χ0) is 15.8. The molecule has 7 nitrogen and oxygen atoms in total. The molecule has 0 radical (unpaired) electrons. The van der Waals surface area contributed by atoms with Gasteiger partial charge in [0.2, 0.25) is 5.91 Å². The van der Waals surface area contributed by atoms with E-state index >= 15 is 0 Å². The molecule has 0 aliphatic rings. The Labute approximate surface area is 126 Å². The predicted molar refractivity (Wildman–Crippen MR) is 75.2 cm³/mol. The Balaban J connectivity index is 2.37. The highest BCUT2D eigenvalue weighted by atomic mass is 35.5. The van der Waals surface area contributed by atoms with Crippen molar-refractivity contribution in [3.05, 3.63) is 29.3 Å². The van der Waals surface area contributed by atoms with Gasteiger partial charge in [-0.3, -0.25) is 14.4 Å². The molecule has 0 saturated heterocycles. The van der Waals surface area contributed by atoms with Crippen LogP contribution in [0.15, 0.2) is 24.3 Å². The van der Waals surface area contributed by atoms with Crippen molar-refractivity contribution in [1.29, 1.82) is 0 Å². The lowest BCUT2D eigenvalue weighted by Gasteiger charge is -2.14. The number of halogens is 1. The Bertz CT molecular complexity index is 535. The minimum absolute atomic E-state index is 0.324. The van der Waals surface area contributed by atoms with Gasteiger partial charge in [-0.05, 0) is 25.1 Å². The van der Waals surface area contributed by atoms with Gasteiger partial charge < -0.3 is 20.5 Å². The number of hydrogen-bond donors (Lipinski definition) is 3. The van der Waals surface area contributed by atoms with Crippen LogP contribution in [0.2, 0.25) is 5.02 Å². The van der Waals surface area contributed by atoms with Crippen molar-refractivity contribution < 1.29 is 24.2 Å². The number of nitrogens with one attached hydrogen (secondary N) is 2. The number of amides is 2. The Morgan fingerprint density at radius 2 is 2.00 bits per heavy atom. The Morgan fingerprint density at radius 1 is 1.29 bits per heavy atom. The molecule has 0 aliphatic carbocycles. The lowest BCUT2D eigenvalue weighted by Crippen LogP contribution is -2.43. The molecular formula is C13H15ClN2O5. The summed E-state index contributed by atoms with van der Waals surface area (Å²) in [6, 6.07) is 6.56. The van der Waals surface area contributed by atoms with Crippen molar-refractivity contribution in [2.75, 3.05) is 13.1 Å². The molecule has 8 heteroatoms. The summed E-state index contributed by atoms with van der Waals surface area (Å²) < 4.78 is 5.37. The normalized spacial score (nSPS) is 11.3. The van der Waals surface area contributed by atoms with Crippen LogP contribution in [-0.4, -0.2) is 42.1 Å². The summed E-state index contributed by atoms with van der Waals surface area (Å²) in [5.74, 6) is -1.83. The van der Waals surface area contributed by atoms with Crippen LogP contribution in [0.3, 0.4) is 0 Å². The van der Waals surface area contributed by atoms with Crippen LogP contribution < -0.4 is 15.4 Å². The fourth-order valence-electron chi connectivity index (χ4n) is 1.35. The SMILES string of the molecule is CC(Oc1cccc(Cl)c1)C(=O)NCC(=O)NCC(=O)O. The highest BCUT2D eigenvalue weighted by molar-refractivity contribution is 6.30. The van der Waals surface area contributed by atoms with E-state index in [0.29, 0.717) is 10.8 Å². The number of carbonyl (C=O) groups excluding carboxylic acids is 2. The van der Waals surface area contributed by atoms with Crippen molar-refractivity contribution in [2.45, 2.75) is 13.0 Å². The van der Waals surface area contributed by atoms with E-state index in [1.807, 2.05) is 0 Å². The van der Waals surface area contributed by atoms with Crippen LogP contribution >= 0.6 is 11.6 Å². The monoisotopic (exact) mass is 314 g/mol. The number of carboxylic acids is 1. The molecule has 2 amide bonds. The van der Waals surface area contributed by atoms with Gasteiger partial charge in [-0.15, -0.1) is 0 Å². The molecule has 1 unspecified atom stereocenters. The molecule has 1 aromatic carbocycles. The second-order valence-corrected chi connectivity index (χ2v) is 4.54. The molecule has 21 heavy (non-hydrogen) atoms. The summed E-state index contributed by atoms with van der Waals surface area (Å²) in [5.41, 5.74) is 0. The number of rotatable bonds is 7. The van der Waals surface area contributed by atoms with Gasteiger partial charge in [-0.2, -0.15) is 0 Å². The Hall–Kier alpha value is -2.28. The first-order valence-corrected chi connectivity index (χ1v) is 6.44. The van der Waals surface area contributed by atoms with E-state index in [-0.39, 0.29) is 6.54 Å². The maximum Gasteiger partial charge on any atom is 0.322 e. The summed E-state index contributed by atoms with van der Waals surface area (Å²) in [4.78, 5) is 33.2. The molecule has 0 saturated carbocycles. The number of aliphatic carboxylic acids is 1. The minimum atomic E-state index is -1.16. The second kappa shape index (κ2) is 8.11. The third-order valence-corrected chi connectivity index (χ3v) is 2.57. The zero-order valence-electron chi connectivity index (χ0n) is 11.3. The third kappa shape index (κ3) is 6.62. The second-order valence-electron chi connectivity index (χ2n) is 4.11. The molecular weight excluding hydrogens is 300 g/mol. The molecule has 0 fully saturated rings. The van der Waals surface area contributed by atoms with E-state index in [1.165, 1.54) is 6.92 Å². The summed E-state index contributed by atoms with van der Waals surface area (Å²) >= 11 is 5.79. The van der Waals surface area contributed by atoms with E-state index < -0.39 is 30.4 Å². The largest absolute Gasteiger partial charge is 0.481 e. The van der Waals surface area contributed by atoms with Gasteiger partial charge in [0, 0.05) is 5.02 Å². The summed E-state index contributed by atoms with van der Waals surface area (Å²) in [7, 11) is 0. The van der Waals surface area contributed by atoms with Crippen molar-refractivity contribution in [3.8, 4) is 5.75 Å². The average molecular weight is 315 g/mol. The zero-order valence-corrected chi connectivity index (χ0v) is 12.0. The lowest BCUT2D eigenvalue weighted by atomic mass is 10.3. The minimum Gasteiger partial charge on any atom is -0.481 e. The van der Waals surface area contributed by atoms with Crippen LogP contribution in [0, 0.1) is 0 Å². The van der Waals surface area contributed by atoms with Gasteiger partial charge in [0.25, 0.3) is 5.91 Å². The molecule has 0 bridgehead atoms. The number of ether oxygens (including phenoxy) is 1. The van der Waals surface area contributed by atoms with Crippen LogP contribution in [0.1, 0.15) is 6.92 Å². The van der Waals surface area contributed by atoms with E-state index in [4.69, 9.17) is 21.4 Å². The lowest BCUT2D eigenvalue weighted by molar-refractivity contribution is -0.137. The number of hydrogen-bond acceptors (Lipinski definition) is 4. The van der Waals surface area contributed by atoms with E-state index in [0.717, 1.165) is 0 Å². The first kappa shape index (κ1) is 16.8. The first-order chi connectivity index (χ1) is 9.88. The molecule has 0 aliphatic heterocycles. The molecule has 0 heterocycles. The third-order valence-electron chi connectivity index (χ3n) is 2.34.